The molecule has 5 nitrogen and oxygen atoms in total. The Morgan fingerprint density at radius 2 is 2.27 bits per heavy atom. The Labute approximate surface area is 68.8 Å². The van der Waals surface area contributed by atoms with Crippen molar-refractivity contribution in [3.05, 3.63) is 0 Å². The molecule has 0 fully saturated rings. The van der Waals surface area contributed by atoms with E-state index in [0.717, 1.165) is 0 Å². The molecule has 1 unspecified atom stereocenters. The number of nitrogens with one attached hydrogen (secondary N) is 2. The fourth-order valence-corrected chi connectivity index (χ4v) is 0.433. The third kappa shape index (κ3) is 4.44. The number of halogens is 1. The van der Waals surface area contributed by atoms with Gasteiger partial charge in [0.2, 0.25) is 0 Å². The van der Waals surface area contributed by atoms with Crippen LogP contribution in [0.1, 0.15) is 6.92 Å². The number of rotatable bonds is 3. The summed E-state index contributed by atoms with van der Waals surface area (Å²) in [6.07, 6.45) is -0.798. The van der Waals surface area contributed by atoms with E-state index in [2.05, 4.69) is 10.1 Å². The summed E-state index contributed by atoms with van der Waals surface area (Å²) in [6, 6.07) is -1.13. The highest BCUT2D eigenvalue weighted by Gasteiger charge is 2.12. The number of carbonyl (C=O) groups excluding carboxylic acids is 2. The molecule has 0 aromatic heterocycles. The van der Waals surface area contributed by atoms with Gasteiger partial charge in [0.25, 0.3) is 5.91 Å². The van der Waals surface area contributed by atoms with Gasteiger partial charge in [0.05, 0.1) is 0 Å². The van der Waals surface area contributed by atoms with E-state index < -0.39 is 18.0 Å². The Morgan fingerprint density at radius 3 is 2.64 bits per heavy atom. The Balaban J connectivity index is 3.66. The van der Waals surface area contributed by atoms with E-state index in [-0.39, 0.29) is 6.07 Å². The van der Waals surface area contributed by atoms with Gasteiger partial charge in [-0.05, 0) is 6.92 Å². The van der Waals surface area contributed by atoms with Crippen LogP contribution in [0.2, 0.25) is 0 Å². The van der Waals surface area contributed by atoms with Gasteiger partial charge in [-0.15, -0.1) is 0 Å². The van der Waals surface area contributed by atoms with Gasteiger partial charge in [-0.2, -0.15) is 0 Å². The van der Waals surface area contributed by atoms with Crippen molar-refractivity contribution in [3.8, 4) is 0 Å². The largest absolute Gasteiger partial charge is 0.433 e. The monoisotopic (exact) mass is 179 g/mol. The molecule has 6 heteroatoms. The van der Waals surface area contributed by atoms with Crippen molar-refractivity contribution in [2.75, 3.05) is 6.07 Å². The van der Waals surface area contributed by atoms with Crippen LogP contribution < -0.4 is 11.1 Å². The fraction of sp³-hybridized carbons (Fsp3) is 0.600. The predicted molar refractivity (Wildman–Crippen MR) is 37.9 cm³/mol. The van der Waals surface area contributed by atoms with E-state index in [1.54, 1.807) is 0 Å². The second kappa shape index (κ2) is 4.79. The standard InChI is InChI=1S/C5H8ClN2O3/c1-3(4(7)9)8-5(10)11-2-6/h3,7H,2H2,1H3,(H,8,10). The fourth-order valence-electron chi connectivity index (χ4n) is 0.334. The number of hydrogen-bond donors (Lipinski definition) is 1. The smallest absolute Gasteiger partial charge is 0.408 e. The highest BCUT2D eigenvalue weighted by Crippen LogP contribution is 1.85. The average molecular weight is 180 g/mol. The lowest BCUT2D eigenvalue weighted by Crippen LogP contribution is -2.39. The molecular weight excluding hydrogens is 172 g/mol. The van der Waals surface area contributed by atoms with Crippen molar-refractivity contribution >= 4 is 23.6 Å². The van der Waals surface area contributed by atoms with Gasteiger partial charge in [-0.25, -0.2) is 4.79 Å². The lowest BCUT2D eigenvalue weighted by atomic mass is 10.3. The molecule has 11 heavy (non-hydrogen) atoms. The maximum Gasteiger partial charge on any atom is 0.408 e. The second-order valence-electron chi connectivity index (χ2n) is 1.77. The first-order valence-electron chi connectivity index (χ1n) is 2.82. The zero-order chi connectivity index (χ0) is 8.85. The Bertz CT molecular complexity index is 162. The quantitative estimate of drug-likeness (QED) is 0.625. The van der Waals surface area contributed by atoms with Crippen LogP contribution in [-0.4, -0.2) is 24.1 Å². The lowest BCUT2D eigenvalue weighted by molar-refractivity contribution is -0.120. The highest BCUT2D eigenvalue weighted by molar-refractivity contribution is 6.17. The molecular formula is C5H8ClN2O3. The van der Waals surface area contributed by atoms with E-state index in [9.17, 15) is 9.59 Å². The van der Waals surface area contributed by atoms with Crippen molar-refractivity contribution < 1.29 is 14.3 Å². The van der Waals surface area contributed by atoms with E-state index in [0.29, 0.717) is 0 Å². The molecule has 0 saturated heterocycles. The topological polar surface area (TPSA) is 79.2 Å². The number of amides is 2. The molecule has 0 aliphatic heterocycles. The molecule has 0 bridgehead atoms. The minimum atomic E-state index is -0.878. The highest BCUT2D eigenvalue weighted by atomic mass is 35.5. The van der Waals surface area contributed by atoms with Crippen LogP contribution in [0.25, 0.3) is 0 Å². The normalized spacial score (nSPS) is 11.8. The molecule has 0 aromatic carbocycles. The number of alkyl carbamates (subject to hydrolysis) is 1. The van der Waals surface area contributed by atoms with Crippen LogP contribution in [-0.2, 0) is 9.53 Å². The van der Waals surface area contributed by atoms with Crippen LogP contribution in [0.4, 0.5) is 4.79 Å². The average Bonchev–Trinajstić information content (AvgIpc) is 1.87. The number of hydrogen-bond acceptors (Lipinski definition) is 3. The number of alkyl halides is 1. The predicted octanol–water partition coefficient (Wildman–Crippen LogP) is 0.107. The summed E-state index contributed by atoms with van der Waals surface area (Å²) in [5.74, 6) is -0.878. The minimum absolute atomic E-state index is 0.273. The molecule has 1 atom stereocenters. The van der Waals surface area contributed by atoms with Gasteiger partial charge < -0.3 is 10.1 Å². The third-order valence-electron chi connectivity index (χ3n) is 0.913. The Morgan fingerprint density at radius 1 is 1.73 bits per heavy atom. The molecule has 0 saturated carbocycles. The summed E-state index contributed by atoms with van der Waals surface area (Å²) in [6.45, 7) is 1.38. The lowest BCUT2D eigenvalue weighted by Gasteiger charge is -2.07. The van der Waals surface area contributed by atoms with Crippen molar-refractivity contribution in [2.45, 2.75) is 13.0 Å². The van der Waals surface area contributed by atoms with Crippen LogP contribution in [0.3, 0.4) is 0 Å². The third-order valence-corrected chi connectivity index (χ3v) is 1.02. The Kier molecular flexibility index (Phi) is 4.36. The van der Waals surface area contributed by atoms with Crippen molar-refractivity contribution in [1.29, 1.82) is 0 Å². The van der Waals surface area contributed by atoms with Crippen LogP contribution in [0, 0.1) is 0 Å². The second-order valence-corrected chi connectivity index (χ2v) is 1.99. The van der Waals surface area contributed by atoms with Gasteiger partial charge in [-0.1, -0.05) is 11.6 Å². The molecule has 0 rings (SSSR count). The van der Waals surface area contributed by atoms with Crippen LogP contribution >= 0.6 is 11.6 Å². The molecule has 0 spiro atoms. The minimum Gasteiger partial charge on any atom is -0.433 e. The maximum absolute atomic E-state index is 10.5. The first kappa shape index (κ1) is 10.0. The summed E-state index contributed by atoms with van der Waals surface area (Å²) < 4.78 is 4.24. The Hall–Kier alpha value is -0.970. The van der Waals surface area contributed by atoms with E-state index in [1.165, 1.54) is 6.92 Å². The zero-order valence-corrected chi connectivity index (χ0v) is 6.64. The van der Waals surface area contributed by atoms with Crippen molar-refractivity contribution in [1.82, 2.24) is 11.1 Å². The molecule has 0 heterocycles. The summed E-state index contributed by atoms with van der Waals surface area (Å²) in [4.78, 5) is 20.8. The van der Waals surface area contributed by atoms with Crippen molar-refractivity contribution in [2.24, 2.45) is 0 Å². The zero-order valence-electron chi connectivity index (χ0n) is 5.89. The summed E-state index contributed by atoms with van der Waals surface area (Å²) in [7, 11) is 0. The van der Waals surface area contributed by atoms with Crippen LogP contribution in [0.15, 0.2) is 0 Å². The molecule has 2 amide bonds. The molecule has 1 radical (unpaired) electrons. The number of ether oxygens (including phenoxy) is 1. The first-order valence-corrected chi connectivity index (χ1v) is 3.36. The van der Waals surface area contributed by atoms with Crippen LogP contribution in [0.5, 0.6) is 0 Å². The maximum atomic E-state index is 10.5. The summed E-state index contributed by atoms with van der Waals surface area (Å²) in [5.41, 5.74) is 6.57. The first-order chi connectivity index (χ1) is 5.07. The van der Waals surface area contributed by atoms with E-state index in [4.69, 9.17) is 17.3 Å². The van der Waals surface area contributed by atoms with Gasteiger partial charge in [0.15, 0.2) is 6.07 Å². The molecule has 63 valence electrons. The van der Waals surface area contributed by atoms with E-state index >= 15 is 0 Å². The number of carbonyl (C=O) groups is 2. The van der Waals surface area contributed by atoms with Gasteiger partial charge >= 0.3 is 6.09 Å². The van der Waals surface area contributed by atoms with Gasteiger partial charge in [0.1, 0.15) is 6.04 Å². The van der Waals surface area contributed by atoms with Crippen molar-refractivity contribution in [3.63, 3.8) is 0 Å². The molecule has 0 aromatic rings. The molecule has 2 N–H and O–H groups in total. The molecule has 0 aliphatic rings. The summed E-state index contributed by atoms with van der Waals surface area (Å²) in [5, 5.41) is 2.10. The van der Waals surface area contributed by atoms with Gasteiger partial charge in [-0.3, -0.25) is 10.5 Å². The SMILES string of the molecule is CC(NC(=O)OCCl)C([NH])=O. The van der Waals surface area contributed by atoms with Gasteiger partial charge in [0, 0.05) is 0 Å². The summed E-state index contributed by atoms with van der Waals surface area (Å²) >= 11 is 5.04. The van der Waals surface area contributed by atoms with E-state index in [1.807, 2.05) is 0 Å². The molecule has 0 aliphatic carbocycles.